The molecule has 2 rings (SSSR count). The minimum Gasteiger partial charge on any atom is -0.371 e. The lowest BCUT2D eigenvalue weighted by atomic mass is 9.85. The van der Waals surface area contributed by atoms with Gasteiger partial charge in [0.25, 0.3) is 0 Å². The molecule has 1 amide bonds. The van der Waals surface area contributed by atoms with Gasteiger partial charge in [0.2, 0.25) is 5.91 Å². The van der Waals surface area contributed by atoms with Gasteiger partial charge in [-0.1, -0.05) is 55.8 Å². The van der Waals surface area contributed by atoms with E-state index in [-0.39, 0.29) is 11.7 Å². The number of halogens is 1. The van der Waals surface area contributed by atoms with Crippen LogP contribution in [-0.2, 0) is 9.53 Å². The van der Waals surface area contributed by atoms with Crippen LogP contribution in [0.2, 0.25) is 0 Å². The Hall–Kier alpha value is -1.32. The minimum atomic E-state index is -0.466. The SMILES string of the molecule is CCC1(CC)CCCC(C/C(C(N)=O)=C(\Cl)c2ccccc2)O1. The van der Waals surface area contributed by atoms with E-state index in [1.165, 1.54) is 0 Å². The van der Waals surface area contributed by atoms with Crippen LogP contribution >= 0.6 is 11.6 Å². The van der Waals surface area contributed by atoms with Gasteiger partial charge in [-0.2, -0.15) is 0 Å². The first-order valence-corrected chi connectivity index (χ1v) is 8.81. The number of amides is 1. The molecule has 0 saturated carbocycles. The fourth-order valence-corrected chi connectivity index (χ4v) is 3.62. The highest BCUT2D eigenvalue weighted by molar-refractivity contribution is 6.51. The summed E-state index contributed by atoms with van der Waals surface area (Å²) in [6.45, 7) is 4.32. The van der Waals surface area contributed by atoms with Crippen LogP contribution in [0.15, 0.2) is 35.9 Å². The molecule has 1 aliphatic rings. The van der Waals surface area contributed by atoms with Crippen LogP contribution in [0.1, 0.15) is 57.9 Å². The average molecular weight is 336 g/mol. The standard InChI is InChI=1S/C19H26ClNO2/c1-3-19(4-2)12-8-11-15(23-19)13-16(18(21)22)17(20)14-9-6-5-7-10-14/h5-7,9-10,15H,3-4,8,11-13H2,1-2H3,(H2,21,22)/b17-16+. The number of hydrogen-bond donors (Lipinski definition) is 1. The summed E-state index contributed by atoms with van der Waals surface area (Å²) in [6.07, 6.45) is 5.59. The van der Waals surface area contributed by atoms with Crippen molar-refractivity contribution in [2.45, 2.75) is 64.1 Å². The summed E-state index contributed by atoms with van der Waals surface area (Å²) in [5, 5.41) is 0.436. The van der Waals surface area contributed by atoms with E-state index in [0.29, 0.717) is 17.0 Å². The highest BCUT2D eigenvalue weighted by atomic mass is 35.5. The molecule has 0 aliphatic carbocycles. The molecule has 1 atom stereocenters. The summed E-state index contributed by atoms with van der Waals surface area (Å²) in [4.78, 5) is 11.9. The van der Waals surface area contributed by atoms with Gasteiger partial charge in [-0.3, -0.25) is 4.79 Å². The molecular formula is C19H26ClNO2. The molecule has 0 radical (unpaired) electrons. The number of carbonyl (C=O) groups is 1. The molecule has 1 aliphatic heterocycles. The lowest BCUT2D eigenvalue weighted by molar-refractivity contribution is -0.133. The normalized spacial score (nSPS) is 21.6. The van der Waals surface area contributed by atoms with E-state index < -0.39 is 5.91 Å². The van der Waals surface area contributed by atoms with Gasteiger partial charge in [0.05, 0.1) is 16.7 Å². The third kappa shape index (κ3) is 4.36. The Kier molecular flexibility index (Phi) is 6.25. The largest absolute Gasteiger partial charge is 0.371 e. The summed E-state index contributed by atoms with van der Waals surface area (Å²) in [6, 6.07) is 9.47. The highest BCUT2D eigenvalue weighted by Crippen LogP contribution is 2.37. The third-order valence-electron chi connectivity index (χ3n) is 4.89. The minimum absolute atomic E-state index is 0.00334. The van der Waals surface area contributed by atoms with Gasteiger partial charge in [-0.05, 0) is 37.7 Å². The Morgan fingerprint density at radius 3 is 2.52 bits per heavy atom. The van der Waals surface area contributed by atoms with Crippen molar-refractivity contribution < 1.29 is 9.53 Å². The van der Waals surface area contributed by atoms with E-state index in [1.807, 2.05) is 30.3 Å². The van der Waals surface area contributed by atoms with Crippen LogP contribution in [0.3, 0.4) is 0 Å². The Labute approximate surface area is 143 Å². The lowest BCUT2D eigenvalue weighted by Crippen LogP contribution is -2.40. The molecule has 3 nitrogen and oxygen atoms in total. The first-order valence-electron chi connectivity index (χ1n) is 8.43. The zero-order valence-electron chi connectivity index (χ0n) is 14.0. The van der Waals surface area contributed by atoms with E-state index in [0.717, 1.165) is 37.7 Å². The van der Waals surface area contributed by atoms with Crippen LogP contribution in [-0.4, -0.2) is 17.6 Å². The number of hydrogen-bond acceptors (Lipinski definition) is 2. The number of rotatable bonds is 6. The summed E-state index contributed by atoms with van der Waals surface area (Å²) in [5.74, 6) is -0.466. The second-order valence-corrected chi connectivity index (χ2v) is 6.63. The van der Waals surface area contributed by atoms with Gasteiger partial charge in [0, 0.05) is 12.0 Å². The molecule has 1 saturated heterocycles. The van der Waals surface area contributed by atoms with Gasteiger partial charge in [0.1, 0.15) is 0 Å². The summed E-state index contributed by atoms with van der Waals surface area (Å²) in [5.41, 5.74) is 6.80. The second kappa shape index (κ2) is 7.98. The zero-order chi connectivity index (χ0) is 16.9. The van der Waals surface area contributed by atoms with Gasteiger partial charge in [-0.15, -0.1) is 0 Å². The lowest BCUT2D eigenvalue weighted by Gasteiger charge is -2.40. The molecular weight excluding hydrogens is 310 g/mol. The van der Waals surface area contributed by atoms with Crippen molar-refractivity contribution in [2.24, 2.45) is 5.73 Å². The molecule has 0 aromatic heterocycles. The summed E-state index contributed by atoms with van der Waals surface area (Å²) >= 11 is 6.45. The number of carbonyl (C=O) groups excluding carboxylic acids is 1. The summed E-state index contributed by atoms with van der Waals surface area (Å²) in [7, 11) is 0. The smallest absolute Gasteiger partial charge is 0.246 e. The van der Waals surface area contributed by atoms with Crippen LogP contribution < -0.4 is 5.73 Å². The fraction of sp³-hybridized carbons (Fsp3) is 0.526. The Morgan fingerprint density at radius 2 is 1.96 bits per heavy atom. The predicted molar refractivity (Wildman–Crippen MR) is 95.1 cm³/mol. The van der Waals surface area contributed by atoms with Crippen molar-refractivity contribution in [1.82, 2.24) is 0 Å². The quantitative estimate of drug-likeness (QED) is 0.770. The van der Waals surface area contributed by atoms with E-state index in [2.05, 4.69) is 13.8 Å². The molecule has 4 heteroatoms. The zero-order valence-corrected chi connectivity index (χ0v) is 14.7. The van der Waals surface area contributed by atoms with Gasteiger partial charge in [-0.25, -0.2) is 0 Å². The average Bonchev–Trinajstić information content (AvgIpc) is 2.59. The highest BCUT2D eigenvalue weighted by Gasteiger charge is 2.35. The molecule has 1 unspecified atom stereocenters. The maximum absolute atomic E-state index is 11.9. The first kappa shape index (κ1) is 18.0. The van der Waals surface area contributed by atoms with Crippen molar-refractivity contribution in [2.75, 3.05) is 0 Å². The van der Waals surface area contributed by atoms with Crippen molar-refractivity contribution in [1.29, 1.82) is 0 Å². The van der Waals surface area contributed by atoms with Crippen molar-refractivity contribution in [3.05, 3.63) is 41.5 Å². The van der Waals surface area contributed by atoms with Crippen molar-refractivity contribution in [3.63, 3.8) is 0 Å². The van der Waals surface area contributed by atoms with Crippen LogP contribution in [0.4, 0.5) is 0 Å². The topological polar surface area (TPSA) is 52.3 Å². The fourth-order valence-electron chi connectivity index (χ4n) is 3.32. The molecule has 2 N–H and O–H groups in total. The third-order valence-corrected chi connectivity index (χ3v) is 5.33. The number of ether oxygens (including phenoxy) is 1. The summed E-state index contributed by atoms with van der Waals surface area (Å²) < 4.78 is 6.34. The second-order valence-electron chi connectivity index (χ2n) is 6.25. The number of benzene rings is 1. The molecule has 1 aromatic carbocycles. The van der Waals surface area contributed by atoms with Gasteiger partial charge < -0.3 is 10.5 Å². The Bertz CT molecular complexity index is 564. The van der Waals surface area contributed by atoms with E-state index >= 15 is 0 Å². The molecule has 1 fully saturated rings. The van der Waals surface area contributed by atoms with Crippen molar-refractivity contribution in [3.8, 4) is 0 Å². The molecule has 126 valence electrons. The maximum Gasteiger partial charge on any atom is 0.246 e. The van der Waals surface area contributed by atoms with Crippen LogP contribution in [0.5, 0.6) is 0 Å². The molecule has 0 bridgehead atoms. The predicted octanol–water partition coefficient (Wildman–Crippen LogP) is 4.64. The van der Waals surface area contributed by atoms with E-state index in [4.69, 9.17) is 22.1 Å². The van der Waals surface area contributed by atoms with Gasteiger partial charge >= 0.3 is 0 Å². The van der Waals surface area contributed by atoms with E-state index in [1.54, 1.807) is 0 Å². The van der Waals surface area contributed by atoms with Crippen LogP contribution in [0, 0.1) is 0 Å². The maximum atomic E-state index is 11.9. The molecule has 1 aromatic rings. The van der Waals surface area contributed by atoms with Gasteiger partial charge in [0.15, 0.2) is 0 Å². The Balaban J connectivity index is 2.22. The molecule has 23 heavy (non-hydrogen) atoms. The molecule has 1 heterocycles. The first-order chi connectivity index (χ1) is 11.0. The Morgan fingerprint density at radius 1 is 1.30 bits per heavy atom. The van der Waals surface area contributed by atoms with Crippen molar-refractivity contribution >= 4 is 22.5 Å². The molecule has 0 spiro atoms. The number of nitrogens with two attached hydrogens (primary N) is 1. The van der Waals surface area contributed by atoms with Crippen LogP contribution in [0.25, 0.3) is 5.03 Å². The number of primary amides is 1. The van der Waals surface area contributed by atoms with E-state index in [9.17, 15) is 4.79 Å². The monoisotopic (exact) mass is 335 g/mol.